The first kappa shape index (κ1) is 12.0. The molecule has 13 heavy (non-hydrogen) atoms. The molecule has 0 bridgehead atoms. The molecule has 0 aliphatic heterocycles. The maximum Gasteiger partial charge on any atom is 0.417 e. The molecule has 0 aromatic rings. The van der Waals surface area contributed by atoms with Crippen molar-refractivity contribution in [1.29, 1.82) is 0 Å². The van der Waals surface area contributed by atoms with E-state index >= 15 is 0 Å². The van der Waals surface area contributed by atoms with Crippen LogP contribution in [0.3, 0.4) is 0 Å². The van der Waals surface area contributed by atoms with E-state index in [0.29, 0.717) is 0 Å². The molecule has 0 aromatic heterocycles. The Labute approximate surface area is 72.8 Å². The molecule has 1 unspecified atom stereocenters. The standard InChI is InChI=1S/C7H9F3O3/c1-4(2)6(12)13-3-5(11)7(8,9)10/h5,11H,1,3H2,2H3. The van der Waals surface area contributed by atoms with E-state index in [4.69, 9.17) is 5.11 Å². The van der Waals surface area contributed by atoms with Crippen LogP contribution in [0.5, 0.6) is 0 Å². The van der Waals surface area contributed by atoms with Gasteiger partial charge in [0.15, 0.2) is 6.10 Å². The molecule has 0 heterocycles. The lowest BCUT2D eigenvalue weighted by atomic mass is 10.3. The molecule has 6 heteroatoms. The van der Waals surface area contributed by atoms with Gasteiger partial charge in [-0.25, -0.2) is 4.79 Å². The van der Waals surface area contributed by atoms with Crippen LogP contribution in [0.2, 0.25) is 0 Å². The second-order valence-corrected chi connectivity index (χ2v) is 2.44. The lowest BCUT2D eigenvalue weighted by molar-refractivity contribution is -0.216. The van der Waals surface area contributed by atoms with Crippen LogP contribution in [0.4, 0.5) is 13.2 Å². The molecule has 0 radical (unpaired) electrons. The smallest absolute Gasteiger partial charge is 0.417 e. The van der Waals surface area contributed by atoms with Crippen molar-refractivity contribution in [2.24, 2.45) is 0 Å². The molecule has 0 amide bonds. The van der Waals surface area contributed by atoms with Crippen LogP contribution in [-0.2, 0) is 9.53 Å². The zero-order chi connectivity index (χ0) is 10.6. The molecule has 0 rings (SSSR count). The highest BCUT2D eigenvalue weighted by molar-refractivity contribution is 5.86. The second-order valence-electron chi connectivity index (χ2n) is 2.44. The number of hydrogen-bond donors (Lipinski definition) is 1. The van der Waals surface area contributed by atoms with E-state index in [1.165, 1.54) is 6.92 Å². The van der Waals surface area contributed by atoms with E-state index < -0.39 is 24.9 Å². The summed E-state index contributed by atoms with van der Waals surface area (Å²) in [5, 5.41) is 8.38. The Morgan fingerprint density at radius 3 is 2.38 bits per heavy atom. The molecular formula is C7H9F3O3. The summed E-state index contributed by atoms with van der Waals surface area (Å²) in [6, 6.07) is 0. The van der Waals surface area contributed by atoms with Gasteiger partial charge in [0, 0.05) is 5.57 Å². The van der Waals surface area contributed by atoms with Crippen LogP contribution in [0.15, 0.2) is 12.2 Å². The molecule has 0 saturated carbocycles. The minimum absolute atomic E-state index is 0.0191. The molecule has 76 valence electrons. The van der Waals surface area contributed by atoms with Crippen molar-refractivity contribution >= 4 is 5.97 Å². The lowest BCUT2D eigenvalue weighted by Crippen LogP contribution is -2.33. The normalized spacial score (nSPS) is 13.6. The largest absolute Gasteiger partial charge is 0.459 e. The molecule has 0 aromatic carbocycles. The van der Waals surface area contributed by atoms with Crippen LogP contribution in [0.25, 0.3) is 0 Å². The third-order valence-electron chi connectivity index (χ3n) is 1.10. The van der Waals surface area contributed by atoms with Gasteiger partial charge < -0.3 is 9.84 Å². The Kier molecular flexibility index (Phi) is 3.93. The zero-order valence-corrected chi connectivity index (χ0v) is 6.89. The number of aliphatic hydroxyl groups excluding tert-OH is 1. The Balaban J connectivity index is 3.91. The summed E-state index contributed by atoms with van der Waals surface area (Å²) in [6.45, 7) is 3.35. The minimum atomic E-state index is -4.77. The van der Waals surface area contributed by atoms with Crippen molar-refractivity contribution in [3.63, 3.8) is 0 Å². The Morgan fingerprint density at radius 2 is 2.08 bits per heavy atom. The number of carbonyl (C=O) groups excluding carboxylic acids is 1. The van der Waals surface area contributed by atoms with Crippen LogP contribution in [0, 0.1) is 0 Å². The predicted octanol–water partition coefficient (Wildman–Crippen LogP) is 1.03. The number of rotatable bonds is 3. The van der Waals surface area contributed by atoms with E-state index in [-0.39, 0.29) is 5.57 Å². The SMILES string of the molecule is C=C(C)C(=O)OCC(O)C(F)(F)F. The summed E-state index contributed by atoms with van der Waals surface area (Å²) in [5.41, 5.74) is -0.0191. The van der Waals surface area contributed by atoms with Crippen LogP contribution in [-0.4, -0.2) is 30.0 Å². The molecule has 0 spiro atoms. The number of hydrogen-bond acceptors (Lipinski definition) is 3. The summed E-state index contributed by atoms with van der Waals surface area (Å²) in [6.07, 6.45) is -7.41. The van der Waals surface area contributed by atoms with Gasteiger partial charge in [-0.15, -0.1) is 0 Å². The second kappa shape index (κ2) is 4.27. The fourth-order valence-electron chi connectivity index (χ4n) is 0.372. The van der Waals surface area contributed by atoms with E-state index in [1.807, 2.05) is 0 Å². The van der Waals surface area contributed by atoms with Gasteiger partial charge >= 0.3 is 12.1 Å². The highest BCUT2D eigenvalue weighted by Gasteiger charge is 2.39. The van der Waals surface area contributed by atoms with Crippen molar-refractivity contribution in [2.45, 2.75) is 19.2 Å². The third kappa shape index (κ3) is 4.51. The van der Waals surface area contributed by atoms with Gasteiger partial charge in [-0.3, -0.25) is 0 Å². The fraction of sp³-hybridized carbons (Fsp3) is 0.571. The van der Waals surface area contributed by atoms with Crippen LogP contribution < -0.4 is 0 Å². The summed E-state index contributed by atoms with van der Waals surface area (Å²) >= 11 is 0. The average molecular weight is 198 g/mol. The van der Waals surface area contributed by atoms with Crippen LogP contribution in [0.1, 0.15) is 6.92 Å². The van der Waals surface area contributed by atoms with Gasteiger partial charge in [-0.2, -0.15) is 13.2 Å². The molecular weight excluding hydrogens is 189 g/mol. The summed E-state index contributed by atoms with van der Waals surface area (Å²) < 4.78 is 39.0. The highest BCUT2D eigenvalue weighted by Crippen LogP contribution is 2.20. The van der Waals surface area contributed by atoms with E-state index in [2.05, 4.69) is 11.3 Å². The van der Waals surface area contributed by atoms with Crippen molar-refractivity contribution in [1.82, 2.24) is 0 Å². The van der Waals surface area contributed by atoms with Crippen molar-refractivity contribution in [2.75, 3.05) is 6.61 Å². The zero-order valence-electron chi connectivity index (χ0n) is 6.89. The predicted molar refractivity (Wildman–Crippen MR) is 37.8 cm³/mol. The number of carbonyl (C=O) groups is 1. The van der Waals surface area contributed by atoms with E-state index in [9.17, 15) is 18.0 Å². The molecule has 0 fully saturated rings. The number of esters is 1. The maximum atomic E-state index is 11.6. The van der Waals surface area contributed by atoms with Gasteiger partial charge in [0.05, 0.1) is 0 Å². The maximum absolute atomic E-state index is 11.6. The number of halogens is 3. The Hall–Kier alpha value is -1.04. The van der Waals surface area contributed by atoms with Gasteiger partial charge in [-0.1, -0.05) is 6.58 Å². The first-order chi connectivity index (χ1) is 5.75. The van der Waals surface area contributed by atoms with Gasteiger partial charge in [0.1, 0.15) is 6.61 Å². The molecule has 1 atom stereocenters. The van der Waals surface area contributed by atoms with E-state index in [0.717, 1.165) is 0 Å². The molecule has 0 aliphatic carbocycles. The number of ether oxygens (including phenoxy) is 1. The monoisotopic (exact) mass is 198 g/mol. The van der Waals surface area contributed by atoms with Gasteiger partial charge in [0.25, 0.3) is 0 Å². The summed E-state index contributed by atoms with van der Waals surface area (Å²) in [7, 11) is 0. The van der Waals surface area contributed by atoms with Gasteiger partial charge in [0.2, 0.25) is 0 Å². The Morgan fingerprint density at radius 1 is 1.62 bits per heavy atom. The number of alkyl halides is 3. The third-order valence-corrected chi connectivity index (χ3v) is 1.10. The topological polar surface area (TPSA) is 46.5 Å². The minimum Gasteiger partial charge on any atom is -0.459 e. The lowest BCUT2D eigenvalue weighted by Gasteiger charge is -2.14. The number of aliphatic hydroxyl groups is 1. The molecule has 3 nitrogen and oxygen atoms in total. The molecule has 1 N–H and O–H groups in total. The first-order valence-corrected chi connectivity index (χ1v) is 3.32. The highest BCUT2D eigenvalue weighted by atomic mass is 19.4. The quantitative estimate of drug-likeness (QED) is 0.544. The van der Waals surface area contributed by atoms with Gasteiger partial charge in [-0.05, 0) is 6.92 Å². The van der Waals surface area contributed by atoms with Crippen LogP contribution >= 0.6 is 0 Å². The van der Waals surface area contributed by atoms with Crippen molar-refractivity contribution < 1.29 is 27.8 Å². The summed E-state index contributed by atoms with van der Waals surface area (Å²) in [5.74, 6) is -0.955. The molecule has 0 saturated heterocycles. The van der Waals surface area contributed by atoms with Crippen molar-refractivity contribution in [3.8, 4) is 0 Å². The fourth-order valence-corrected chi connectivity index (χ4v) is 0.372. The average Bonchev–Trinajstić information content (AvgIpc) is 1.97. The summed E-state index contributed by atoms with van der Waals surface area (Å²) in [4.78, 5) is 10.6. The Bertz CT molecular complexity index is 210. The van der Waals surface area contributed by atoms with E-state index in [1.54, 1.807) is 0 Å². The molecule has 0 aliphatic rings. The first-order valence-electron chi connectivity index (χ1n) is 3.32. The van der Waals surface area contributed by atoms with Crippen molar-refractivity contribution in [3.05, 3.63) is 12.2 Å².